The van der Waals surface area contributed by atoms with Crippen molar-refractivity contribution in [2.45, 2.75) is 13.1 Å². The molecule has 0 saturated heterocycles. The smallest absolute Gasteiger partial charge is 0.245 e. The van der Waals surface area contributed by atoms with Crippen molar-refractivity contribution in [3.05, 3.63) is 11.4 Å². The topological polar surface area (TPSA) is 4.36 Å². The highest BCUT2D eigenvalue weighted by Gasteiger charge is 1.95. The molecule has 34 valence electrons. The van der Waals surface area contributed by atoms with Crippen LogP contribution in [0.5, 0.6) is 0 Å². The van der Waals surface area contributed by atoms with Gasteiger partial charge in [0.25, 0.3) is 0 Å². The van der Waals surface area contributed by atoms with Gasteiger partial charge in [-0.2, -0.15) is 0 Å². The van der Waals surface area contributed by atoms with Gasteiger partial charge in [-0.1, -0.05) is 0 Å². The van der Waals surface area contributed by atoms with Crippen LogP contribution < -0.4 is 0 Å². The van der Waals surface area contributed by atoms with Crippen molar-refractivity contribution < 1.29 is 4.39 Å². The number of rotatable bonds is 1. The van der Waals surface area contributed by atoms with E-state index in [1.807, 2.05) is 0 Å². The Balaban J connectivity index is 2.88. The van der Waals surface area contributed by atoms with Crippen molar-refractivity contribution in [3.8, 4) is 0 Å². The summed E-state index contributed by atoms with van der Waals surface area (Å²) in [5.41, 5.74) is 0. The molecule has 0 heterocycles. The maximum atomic E-state index is 11.5. The molecule has 0 rings (SSSR count). The Morgan fingerprint density at radius 2 is 2.50 bits per heavy atom. The second-order valence-electron chi connectivity index (χ2n) is 1.12. The highest BCUT2D eigenvalue weighted by molar-refractivity contribution is 4.62. The van der Waals surface area contributed by atoms with Gasteiger partial charge in [-0.05, 0) is 6.92 Å². The highest BCUT2D eigenvalue weighted by atomic mass is 19.1. The molecule has 0 aliphatic rings. The number of nitrogens with zero attached hydrogens (tertiary/aromatic N) is 1. The maximum absolute atomic E-state index is 11.5. The van der Waals surface area contributed by atoms with E-state index in [1.54, 1.807) is 0 Å². The van der Waals surface area contributed by atoms with Gasteiger partial charge >= 0.3 is 0 Å². The second-order valence-corrected chi connectivity index (χ2v) is 1.12. The minimum Gasteiger partial charge on any atom is -0.314 e. The van der Waals surface area contributed by atoms with Gasteiger partial charge in [0.1, 0.15) is 0 Å². The summed E-state index contributed by atoms with van der Waals surface area (Å²) in [6.45, 7) is 7.49. The zero-order chi connectivity index (χ0) is 4.99. The Bertz CT molecular complexity index is 62.4. The van der Waals surface area contributed by atoms with Gasteiger partial charge in [0, 0.05) is 0 Å². The molecule has 0 fully saturated rings. The third-order valence-electron chi connectivity index (χ3n) is 0.343. The van der Waals surface area contributed by atoms with Crippen molar-refractivity contribution in [2.75, 3.05) is 6.54 Å². The number of alkyl halides is 1. The molecule has 0 aromatic carbocycles. The van der Waals surface area contributed by atoms with Crippen LogP contribution in [0.15, 0.2) is 0 Å². The number of halogens is 1. The predicted molar refractivity (Wildman–Crippen MR) is 22.0 cm³/mol. The van der Waals surface area contributed by atoms with E-state index in [0.717, 1.165) is 0 Å². The molecule has 1 unspecified atom stereocenters. The summed E-state index contributed by atoms with van der Waals surface area (Å²) in [6.07, 6.45) is -0.956. The highest BCUT2D eigenvalue weighted by Crippen LogP contribution is 1.85. The largest absolute Gasteiger partial charge is 0.314 e. The SMILES string of the molecule is [C-]#[N+]CC(C)F. The van der Waals surface area contributed by atoms with Crippen LogP contribution >= 0.6 is 0 Å². The van der Waals surface area contributed by atoms with E-state index in [2.05, 4.69) is 4.85 Å². The first kappa shape index (κ1) is 5.42. The van der Waals surface area contributed by atoms with Gasteiger partial charge in [0.15, 0.2) is 6.17 Å². The molecule has 2 heteroatoms. The van der Waals surface area contributed by atoms with Gasteiger partial charge in [0.05, 0.1) is 0 Å². The third-order valence-corrected chi connectivity index (χ3v) is 0.343. The van der Waals surface area contributed by atoms with Crippen LogP contribution in [0.3, 0.4) is 0 Å². The van der Waals surface area contributed by atoms with Crippen LogP contribution in [0.25, 0.3) is 4.85 Å². The quantitative estimate of drug-likeness (QED) is 0.424. The molecule has 0 aromatic rings. The lowest BCUT2D eigenvalue weighted by Crippen LogP contribution is -1.92. The first-order valence-electron chi connectivity index (χ1n) is 1.74. The minimum absolute atomic E-state index is 0. The summed E-state index contributed by atoms with van der Waals surface area (Å²) >= 11 is 0. The first-order valence-corrected chi connectivity index (χ1v) is 1.74. The van der Waals surface area contributed by atoms with Gasteiger partial charge in [-0.3, -0.25) is 0 Å². The van der Waals surface area contributed by atoms with Gasteiger partial charge in [-0.25, -0.2) is 11.0 Å². The molecular formula is C4H6FN. The zero-order valence-corrected chi connectivity index (χ0v) is 3.61. The second kappa shape index (κ2) is 2.65. The standard InChI is InChI=1S/C4H6FN/c1-4(5)3-6-2/h4H,3H2,1H3. The van der Waals surface area contributed by atoms with E-state index in [1.165, 1.54) is 6.92 Å². The van der Waals surface area contributed by atoms with Crippen molar-refractivity contribution in [2.24, 2.45) is 0 Å². The molecule has 1 atom stereocenters. The van der Waals surface area contributed by atoms with E-state index in [-0.39, 0.29) is 6.54 Å². The summed E-state index contributed by atoms with van der Waals surface area (Å²) in [6, 6.07) is 0. The molecule has 0 N–H and O–H groups in total. The van der Waals surface area contributed by atoms with Crippen LogP contribution in [0.1, 0.15) is 6.92 Å². The van der Waals surface area contributed by atoms with E-state index in [0.29, 0.717) is 0 Å². The summed E-state index contributed by atoms with van der Waals surface area (Å²) in [7, 11) is 0. The van der Waals surface area contributed by atoms with E-state index in [4.69, 9.17) is 6.57 Å². The zero-order valence-electron chi connectivity index (χ0n) is 3.61. The van der Waals surface area contributed by atoms with Crippen LogP contribution in [0.4, 0.5) is 4.39 Å². The Labute approximate surface area is 36.6 Å². The van der Waals surface area contributed by atoms with Crippen molar-refractivity contribution >= 4 is 0 Å². The first-order chi connectivity index (χ1) is 2.77. The Kier molecular flexibility index (Phi) is 2.39. The van der Waals surface area contributed by atoms with Gasteiger partial charge in [0.2, 0.25) is 6.54 Å². The normalized spacial score (nSPS) is 12.8. The Morgan fingerprint density at radius 3 is 2.50 bits per heavy atom. The van der Waals surface area contributed by atoms with E-state index in [9.17, 15) is 4.39 Å². The fourth-order valence-electron chi connectivity index (χ4n) is 0.126. The predicted octanol–water partition coefficient (Wildman–Crippen LogP) is 1.26. The summed E-state index contributed by atoms with van der Waals surface area (Å²) in [5, 5.41) is 0. The molecule has 0 aliphatic carbocycles. The third kappa shape index (κ3) is 3.42. The molecule has 0 spiro atoms. The Morgan fingerprint density at radius 1 is 2.00 bits per heavy atom. The van der Waals surface area contributed by atoms with Crippen molar-refractivity contribution in [1.82, 2.24) is 0 Å². The lowest BCUT2D eigenvalue weighted by atomic mass is 10.5. The minimum atomic E-state index is -0.956. The van der Waals surface area contributed by atoms with Crippen LogP contribution in [0.2, 0.25) is 0 Å². The van der Waals surface area contributed by atoms with E-state index >= 15 is 0 Å². The molecule has 0 aromatic heterocycles. The van der Waals surface area contributed by atoms with Crippen molar-refractivity contribution in [1.29, 1.82) is 0 Å². The lowest BCUT2D eigenvalue weighted by Gasteiger charge is -1.81. The maximum Gasteiger partial charge on any atom is 0.245 e. The fraction of sp³-hybridized carbons (Fsp3) is 0.750. The molecule has 0 radical (unpaired) electrons. The lowest BCUT2D eigenvalue weighted by molar-refractivity contribution is 0.384. The Hall–Kier alpha value is -0.580. The van der Waals surface area contributed by atoms with Crippen LogP contribution in [0, 0.1) is 6.57 Å². The average molecular weight is 87.1 g/mol. The van der Waals surface area contributed by atoms with Crippen LogP contribution in [-0.4, -0.2) is 12.7 Å². The molecule has 1 nitrogen and oxygen atoms in total. The number of hydrogen-bond donors (Lipinski definition) is 0. The average Bonchev–Trinajstić information content (AvgIpc) is 1.35. The molecule has 0 saturated carbocycles. The van der Waals surface area contributed by atoms with E-state index < -0.39 is 6.17 Å². The molecule has 0 bridgehead atoms. The summed E-state index contributed by atoms with van der Waals surface area (Å²) < 4.78 is 11.5. The molecule has 0 amide bonds. The van der Waals surface area contributed by atoms with Crippen molar-refractivity contribution in [3.63, 3.8) is 0 Å². The molecular weight excluding hydrogens is 81.0 g/mol. The van der Waals surface area contributed by atoms with Gasteiger partial charge in [-0.15, -0.1) is 0 Å². The van der Waals surface area contributed by atoms with Gasteiger partial charge < -0.3 is 4.85 Å². The van der Waals surface area contributed by atoms with Crippen LogP contribution in [-0.2, 0) is 0 Å². The number of hydrogen-bond acceptors (Lipinski definition) is 0. The summed E-state index contributed by atoms with van der Waals surface area (Å²) in [5.74, 6) is 0. The monoisotopic (exact) mass is 87.0 g/mol. The molecule has 0 aliphatic heterocycles. The summed E-state index contributed by atoms with van der Waals surface area (Å²) in [4.78, 5) is 2.81. The molecule has 6 heavy (non-hydrogen) atoms. The fourth-order valence-corrected chi connectivity index (χ4v) is 0.126.